The van der Waals surface area contributed by atoms with Crippen molar-refractivity contribution >= 4 is 5.91 Å². The maximum absolute atomic E-state index is 11.9. The van der Waals surface area contributed by atoms with Crippen molar-refractivity contribution in [3.63, 3.8) is 0 Å². The van der Waals surface area contributed by atoms with Gasteiger partial charge in [0.1, 0.15) is 0 Å². The summed E-state index contributed by atoms with van der Waals surface area (Å²) in [5.74, 6) is -0.0483. The van der Waals surface area contributed by atoms with Crippen LogP contribution in [0.25, 0.3) is 0 Å². The minimum absolute atomic E-state index is 0.0483. The minimum atomic E-state index is -0.374. The van der Waals surface area contributed by atoms with Gasteiger partial charge in [0.15, 0.2) is 0 Å². The topological polar surface area (TPSA) is 40.5 Å². The average molecular weight is 225 g/mol. The van der Waals surface area contributed by atoms with Gasteiger partial charge >= 0.3 is 0 Å². The van der Waals surface area contributed by atoms with E-state index in [1.54, 1.807) is 17.9 Å². The molecule has 0 saturated carbocycles. The van der Waals surface area contributed by atoms with Gasteiger partial charge in [0.05, 0.1) is 6.10 Å². The summed E-state index contributed by atoms with van der Waals surface area (Å²) in [5.41, 5.74) is 0.509. The van der Waals surface area contributed by atoms with Crippen LogP contribution in [0.3, 0.4) is 0 Å². The number of allylic oxidation sites excluding steroid dienone is 1. The first-order chi connectivity index (χ1) is 7.52. The monoisotopic (exact) mass is 225 g/mol. The average Bonchev–Trinajstić information content (AvgIpc) is 2.25. The summed E-state index contributed by atoms with van der Waals surface area (Å²) in [6.07, 6.45) is 4.80. The van der Waals surface area contributed by atoms with Gasteiger partial charge in [-0.15, -0.1) is 0 Å². The van der Waals surface area contributed by atoms with E-state index in [9.17, 15) is 9.90 Å². The van der Waals surface area contributed by atoms with E-state index in [1.165, 1.54) is 0 Å². The van der Waals surface area contributed by atoms with Crippen LogP contribution in [0.15, 0.2) is 24.3 Å². The number of likely N-dealkylation sites (N-methyl/N-ethyl adjacent to an activating group) is 1. The summed E-state index contributed by atoms with van der Waals surface area (Å²) in [5, 5.41) is 9.18. The molecule has 0 aliphatic carbocycles. The summed E-state index contributed by atoms with van der Waals surface area (Å²) in [6, 6.07) is 0. The molecule has 1 unspecified atom stereocenters. The van der Waals surface area contributed by atoms with Crippen LogP contribution in [0.4, 0.5) is 0 Å². The Balaban J connectivity index is 4.29. The van der Waals surface area contributed by atoms with Crippen LogP contribution in [0.5, 0.6) is 0 Å². The Morgan fingerprint density at radius 3 is 2.56 bits per heavy atom. The number of rotatable bonds is 7. The quantitative estimate of drug-likeness (QED) is 0.532. The molecule has 0 spiro atoms. The highest BCUT2D eigenvalue weighted by Crippen LogP contribution is 2.04. The van der Waals surface area contributed by atoms with E-state index in [-0.39, 0.29) is 12.0 Å². The van der Waals surface area contributed by atoms with Crippen molar-refractivity contribution in [2.24, 2.45) is 0 Å². The van der Waals surface area contributed by atoms with Crippen LogP contribution in [0.1, 0.15) is 33.6 Å². The molecule has 3 heteroatoms. The van der Waals surface area contributed by atoms with Gasteiger partial charge in [-0.1, -0.05) is 25.7 Å². The molecule has 0 heterocycles. The molecule has 3 nitrogen and oxygen atoms in total. The molecule has 16 heavy (non-hydrogen) atoms. The molecular weight excluding hydrogens is 202 g/mol. The highest BCUT2D eigenvalue weighted by atomic mass is 16.3. The van der Waals surface area contributed by atoms with Gasteiger partial charge in [0.25, 0.3) is 5.91 Å². The van der Waals surface area contributed by atoms with E-state index in [0.29, 0.717) is 25.1 Å². The standard InChI is InChI=1S/C13H23NO2/c1-5-7-8-11(3)13(16)14(6-2)10-9-12(4)15/h7-8,12,15H,3,5-6,9-10H2,1-2,4H3/b8-7-. The molecule has 0 radical (unpaired) electrons. The molecule has 0 aromatic carbocycles. The van der Waals surface area contributed by atoms with Gasteiger partial charge in [-0.25, -0.2) is 0 Å². The third-order valence-corrected chi connectivity index (χ3v) is 2.32. The third kappa shape index (κ3) is 5.71. The van der Waals surface area contributed by atoms with Gasteiger partial charge in [-0.05, 0) is 26.7 Å². The van der Waals surface area contributed by atoms with Crippen LogP contribution < -0.4 is 0 Å². The zero-order chi connectivity index (χ0) is 12.6. The first-order valence-electron chi connectivity index (χ1n) is 5.85. The summed E-state index contributed by atoms with van der Waals surface area (Å²) in [4.78, 5) is 13.6. The number of carbonyl (C=O) groups is 1. The second kappa shape index (κ2) is 8.11. The van der Waals surface area contributed by atoms with E-state index >= 15 is 0 Å². The molecule has 0 aromatic rings. The Bertz CT molecular complexity index is 257. The van der Waals surface area contributed by atoms with Crippen LogP contribution >= 0.6 is 0 Å². The van der Waals surface area contributed by atoms with Crippen LogP contribution in [-0.4, -0.2) is 35.1 Å². The highest BCUT2D eigenvalue weighted by Gasteiger charge is 2.13. The molecule has 92 valence electrons. The second-order valence-corrected chi connectivity index (χ2v) is 3.86. The SMILES string of the molecule is C=C(/C=C\CC)C(=O)N(CC)CCC(C)O. The van der Waals surface area contributed by atoms with Gasteiger partial charge in [-0.3, -0.25) is 4.79 Å². The molecule has 0 bridgehead atoms. The van der Waals surface area contributed by atoms with E-state index < -0.39 is 0 Å². The van der Waals surface area contributed by atoms with Crippen molar-refractivity contribution < 1.29 is 9.90 Å². The molecule has 0 fully saturated rings. The molecular formula is C13H23NO2. The van der Waals surface area contributed by atoms with Crippen LogP contribution in [-0.2, 0) is 4.79 Å². The minimum Gasteiger partial charge on any atom is -0.393 e. The lowest BCUT2D eigenvalue weighted by Gasteiger charge is -2.21. The van der Waals surface area contributed by atoms with Crippen molar-refractivity contribution in [2.45, 2.75) is 39.7 Å². The number of hydrogen-bond acceptors (Lipinski definition) is 2. The molecule has 0 saturated heterocycles. The normalized spacial score (nSPS) is 12.8. The molecule has 1 N–H and O–H groups in total. The Kier molecular flexibility index (Phi) is 7.56. The summed E-state index contributed by atoms with van der Waals surface area (Å²) >= 11 is 0. The van der Waals surface area contributed by atoms with E-state index in [0.717, 1.165) is 6.42 Å². The van der Waals surface area contributed by atoms with Gasteiger partial charge in [0, 0.05) is 18.7 Å². The zero-order valence-electron chi connectivity index (χ0n) is 10.6. The number of amides is 1. The van der Waals surface area contributed by atoms with Crippen molar-refractivity contribution in [1.82, 2.24) is 4.90 Å². The fourth-order valence-electron chi connectivity index (χ4n) is 1.28. The Morgan fingerprint density at radius 1 is 1.50 bits per heavy atom. The predicted octanol–water partition coefficient (Wildman–Crippen LogP) is 2.13. The first-order valence-corrected chi connectivity index (χ1v) is 5.85. The molecule has 0 rings (SSSR count). The lowest BCUT2D eigenvalue weighted by atomic mass is 10.2. The van der Waals surface area contributed by atoms with Gasteiger partial charge in [-0.2, -0.15) is 0 Å². The van der Waals surface area contributed by atoms with Crippen molar-refractivity contribution in [1.29, 1.82) is 0 Å². The van der Waals surface area contributed by atoms with E-state index in [4.69, 9.17) is 0 Å². The third-order valence-electron chi connectivity index (χ3n) is 2.32. The highest BCUT2D eigenvalue weighted by molar-refractivity contribution is 5.95. The zero-order valence-corrected chi connectivity index (χ0v) is 10.6. The lowest BCUT2D eigenvalue weighted by molar-refractivity contribution is -0.126. The number of carbonyl (C=O) groups excluding carboxylic acids is 1. The Hall–Kier alpha value is -1.09. The summed E-state index contributed by atoms with van der Waals surface area (Å²) in [7, 11) is 0. The number of aliphatic hydroxyl groups excluding tert-OH is 1. The lowest BCUT2D eigenvalue weighted by Crippen LogP contribution is -2.33. The van der Waals surface area contributed by atoms with Crippen LogP contribution in [0.2, 0.25) is 0 Å². The second-order valence-electron chi connectivity index (χ2n) is 3.86. The molecule has 0 aliphatic heterocycles. The van der Waals surface area contributed by atoms with Crippen molar-refractivity contribution in [3.8, 4) is 0 Å². The fraction of sp³-hybridized carbons (Fsp3) is 0.615. The van der Waals surface area contributed by atoms with Crippen molar-refractivity contribution in [3.05, 3.63) is 24.3 Å². The number of nitrogens with zero attached hydrogens (tertiary/aromatic N) is 1. The Labute approximate surface area is 98.5 Å². The molecule has 1 amide bonds. The predicted molar refractivity (Wildman–Crippen MR) is 67.1 cm³/mol. The van der Waals surface area contributed by atoms with E-state index in [2.05, 4.69) is 6.58 Å². The van der Waals surface area contributed by atoms with Gasteiger partial charge < -0.3 is 10.0 Å². The summed E-state index contributed by atoms with van der Waals surface area (Å²) in [6.45, 7) is 10.6. The van der Waals surface area contributed by atoms with Crippen molar-refractivity contribution in [2.75, 3.05) is 13.1 Å². The number of aliphatic hydroxyl groups is 1. The molecule has 0 aromatic heterocycles. The molecule has 0 aliphatic rings. The number of hydrogen-bond donors (Lipinski definition) is 1. The smallest absolute Gasteiger partial charge is 0.253 e. The van der Waals surface area contributed by atoms with Crippen LogP contribution in [0, 0.1) is 0 Å². The Morgan fingerprint density at radius 2 is 2.12 bits per heavy atom. The first kappa shape index (κ1) is 14.9. The maximum atomic E-state index is 11.9. The van der Waals surface area contributed by atoms with Gasteiger partial charge in [0.2, 0.25) is 0 Å². The maximum Gasteiger partial charge on any atom is 0.253 e. The summed E-state index contributed by atoms with van der Waals surface area (Å²) < 4.78 is 0. The largest absolute Gasteiger partial charge is 0.393 e. The molecule has 1 atom stereocenters. The fourth-order valence-corrected chi connectivity index (χ4v) is 1.28. The van der Waals surface area contributed by atoms with E-state index in [1.807, 2.05) is 19.9 Å².